The lowest BCUT2D eigenvalue weighted by molar-refractivity contribution is -0.148. The van der Waals surface area contributed by atoms with Gasteiger partial charge >= 0.3 is 5.97 Å². The number of rotatable bonds is 11. The molecule has 0 saturated carbocycles. The van der Waals surface area contributed by atoms with Crippen molar-refractivity contribution in [1.29, 1.82) is 5.41 Å². The molecule has 260 valence electrons. The lowest BCUT2D eigenvalue weighted by Gasteiger charge is -2.34. The van der Waals surface area contributed by atoms with E-state index in [1.165, 1.54) is 61.5 Å². The summed E-state index contributed by atoms with van der Waals surface area (Å²) in [5, 5.41) is 22.5. The zero-order chi connectivity index (χ0) is 36.5. The number of carboxylic acids is 1. The summed E-state index contributed by atoms with van der Waals surface area (Å²) < 4.78 is 39.2. The first-order chi connectivity index (χ1) is 22.9. The smallest absolute Gasteiger partial charge is 0.309 e. The van der Waals surface area contributed by atoms with Crippen molar-refractivity contribution in [2.75, 3.05) is 17.2 Å². The molecule has 0 aliphatic carbocycles. The molecule has 0 aromatic heterocycles. The van der Waals surface area contributed by atoms with Crippen LogP contribution >= 0.6 is 0 Å². The van der Waals surface area contributed by atoms with Crippen LogP contribution in [0.3, 0.4) is 0 Å². The van der Waals surface area contributed by atoms with Gasteiger partial charge in [0.1, 0.15) is 17.8 Å². The third kappa shape index (κ3) is 10.1. The highest BCUT2D eigenvalue weighted by molar-refractivity contribution is 7.89. The van der Waals surface area contributed by atoms with E-state index in [2.05, 4.69) is 20.7 Å². The average Bonchev–Trinajstić information content (AvgIpc) is 3.01. The monoisotopic (exact) mass is 696 g/mol. The lowest BCUT2D eigenvalue weighted by Crippen LogP contribution is -2.62. The van der Waals surface area contributed by atoms with E-state index < -0.39 is 57.9 Å². The molecule has 2 atom stereocenters. The van der Waals surface area contributed by atoms with Gasteiger partial charge in [-0.3, -0.25) is 29.4 Å². The average molecular weight is 697 g/mol. The first-order valence-corrected chi connectivity index (χ1v) is 16.1. The van der Waals surface area contributed by atoms with Crippen molar-refractivity contribution in [2.45, 2.75) is 50.8 Å². The Bertz CT molecular complexity index is 1860. The number of nitrogens with one attached hydrogen (secondary N) is 5. The first kappa shape index (κ1) is 37.6. The Hall–Kier alpha value is -5.81. The minimum atomic E-state index is -4.21. The molecule has 0 saturated heterocycles. The van der Waals surface area contributed by atoms with Crippen LogP contribution in [0.2, 0.25) is 0 Å². The molecule has 1 aliphatic rings. The summed E-state index contributed by atoms with van der Waals surface area (Å²) in [6.07, 6.45) is -2.08. The van der Waals surface area contributed by atoms with E-state index in [4.69, 9.17) is 30.5 Å². The van der Waals surface area contributed by atoms with Gasteiger partial charge in [0.05, 0.1) is 23.6 Å². The number of sulfonamides is 1. The van der Waals surface area contributed by atoms with Crippen molar-refractivity contribution in [3.05, 3.63) is 83.4 Å². The molecule has 8 N–H and O–H groups in total. The van der Waals surface area contributed by atoms with Crippen molar-refractivity contribution >= 4 is 56.9 Å². The van der Waals surface area contributed by atoms with E-state index in [0.29, 0.717) is 5.56 Å². The van der Waals surface area contributed by atoms with Crippen molar-refractivity contribution in [1.82, 2.24) is 10.0 Å². The standard InChI is InChI=1S/C30H32N6O8S.C2H4O2/c1-4-43-25(37)16-24(36-45(41,42)21-12-5-17(2)6-13-21)35-29(40)30(3)28(39)34-22-14-11-20(15-23(22)44-30)33-27(38)19-9-7-18(8-10-19)26(31)32;1-2(3)4/h5-15,24,36H,4,16H2,1-3H3,(H3,31,32)(H,33,38)(H,34,39)(H,35,40);1H3,(H,3,4). The predicted molar refractivity (Wildman–Crippen MR) is 178 cm³/mol. The Morgan fingerprint density at radius 2 is 1.63 bits per heavy atom. The summed E-state index contributed by atoms with van der Waals surface area (Å²) in [4.78, 5) is 60.5. The van der Waals surface area contributed by atoms with Gasteiger partial charge in [-0.2, -0.15) is 4.72 Å². The molecule has 16 nitrogen and oxygen atoms in total. The second-order valence-electron chi connectivity index (χ2n) is 10.7. The molecule has 1 heterocycles. The number of hydrogen-bond donors (Lipinski definition) is 7. The number of fused-ring (bicyclic) bond motifs is 1. The van der Waals surface area contributed by atoms with Gasteiger partial charge < -0.3 is 36.3 Å². The normalized spacial score (nSPS) is 15.5. The third-order valence-electron chi connectivity index (χ3n) is 6.74. The molecule has 2 unspecified atom stereocenters. The molecule has 49 heavy (non-hydrogen) atoms. The van der Waals surface area contributed by atoms with Crippen LogP contribution in [-0.4, -0.2) is 67.4 Å². The van der Waals surface area contributed by atoms with E-state index in [1.807, 2.05) is 0 Å². The molecule has 3 aromatic rings. The summed E-state index contributed by atoms with van der Waals surface area (Å²) in [6.45, 7) is 5.64. The molecule has 0 radical (unpaired) electrons. The van der Waals surface area contributed by atoms with Crippen molar-refractivity contribution in [3.63, 3.8) is 0 Å². The van der Waals surface area contributed by atoms with E-state index >= 15 is 0 Å². The second-order valence-corrected chi connectivity index (χ2v) is 12.4. The topological polar surface area (TPSA) is 256 Å². The highest BCUT2D eigenvalue weighted by Crippen LogP contribution is 2.36. The number of ether oxygens (including phenoxy) is 2. The summed E-state index contributed by atoms with van der Waals surface area (Å²) in [5.41, 5.74) is 5.31. The largest absolute Gasteiger partial charge is 0.481 e. The van der Waals surface area contributed by atoms with Gasteiger partial charge in [-0.25, -0.2) is 8.42 Å². The van der Waals surface area contributed by atoms with E-state index in [9.17, 15) is 27.6 Å². The first-order valence-electron chi connectivity index (χ1n) is 14.6. The Balaban J connectivity index is 0.00000154. The number of anilines is 2. The van der Waals surface area contributed by atoms with Crippen LogP contribution in [-0.2, 0) is 33.9 Å². The Morgan fingerprint density at radius 3 is 2.20 bits per heavy atom. The molecule has 0 spiro atoms. The molecule has 17 heteroatoms. The number of aryl methyl sites for hydroxylation is 1. The van der Waals surface area contributed by atoms with Gasteiger partial charge in [0.15, 0.2) is 0 Å². The fraction of sp³-hybridized carbons (Fsp3) is 0.250. The molecule has 0 fully saturated rings. The van der Waals surface area contributed by atoms with Gasteiger partial charge in [-0.05, 0) is 57.2 Å². The van der Waals surface area contributed by atoms with Crippen LogP contribution in [0.25, 0.3) is 0 Å². The fourth-order valence-electron chi connectivity index (χ4n) is 4.23. The lowest BCUT2D eigenvalue weighted by atomic mass is 10.0. The number of aliphatic carboxylic acids is 1. The van der Waals surface area contributed by atoms with Crippen LogP contribution in [0.5, 0.6) is 5.75 Å². The predicted octanol–water partition coefficient (Wildman–Crippen LogP) is 2.09. The van der Waals surface area contributed by atoms with E-state index in [-0.39, 0.29) is 40.0 Å². The molecule has 1 aliphatic heterocycles. The number of amidine groups is 1. The number of esters is 1. The number of hydrogen-bond acceptors (Lipinski definition) is 10. The van der Waals surface area contributed by atoms with Gasteiger partial charge in [-0.1, -0.05) is 29.8 Å². The van der Waals surface area contributed by atoms with Crippen LogP contribution < -0.4 is 31.1 Å². The maximum atomic E-state index is 13.5. The van der Waals surface area contributed by atoms with Gasteiger partial charge in [0.25, 0.3) is 29.3 Å². The Kier molecular flexibility index (Phi) is 12.2. The zero-order valence-electron chi connectivity index (χ0n) is 26.9. The van der Waals surface area contributed by atoms with Gasteiger partial charge in [0.2, 0.25) is 10.0 Å². The second kappa shape index (κ2) is 15.9. The minimum absolute atomic E-state index is 0.0207. The quantitative estimate of drug-likeness (QED) is 0.0502. The molecule has 4 rings (SSSR count). The summed E-state index contributed by atoms with van der Waals surface area (Å²) >= 11 is 0. The maximum Gasteiger partial charge on any atom is 0.309 e. The van der Waals surface area contributed by atoms with E-state index in [0.717, 1.165) is 12.5 Å². The van der Waals surface area contributed by atoms with Crippen LogP contribution in [0.1, 0.15) is 48.7 Å². The Morgan fingerprint density at radius 1 is 1.04 bits per heavy atom. The Labute approximate surface area is 281 Å². The summed E-state index contributed by atoms with van der Waals surface area (Å²) in [7, 11) is -4.21. The highest BCUT2D eigenvalue weighted by Gasteiger charge is 2.48. The third-order valence-corrected chi connectivity index (χ3v) is 8.22. The molecule has 0 bridgehead atoms. The molecular weight excluding hydrogens is 660 g/mol. The fourth-order valence-corrected chi connectivity index (χ4v) is 5.37. The number of nitrogens with two attached hydrogens (primary N) is 1. The number of carbonyl (C=O) groups is 5. The summed E-state index contributed by atoms with van der Waals surface area (Å²) in [5.74, 6) is -4.11. The highest BCUT2D eigenvalue weighted by atomic mass is 32.2. The number of carboxylic acid groups (broad SMARTS) is 1. The molecular formula is C32H36N6O10S. The van der Waals surface area contributed by atoms with Crippen molar-refractivity contribution in [2.24, 2.45) is 5.73 Å². The number of benzene rings is 3. The van der Waals surface area contributed by atoms with Gasteiger partial charge in [-0.15, -0.1) is 0 Å². The minimum Gasteiger partial charge on any atom is -0.481 e. The van der Waals surface area contributed by atoms with Crippen LogP contribution in [0.15, 0.2) is 71.6 Å². The van der Waals surface area contributed by atoms with Crippen molar-refractivity contribution in [3.8, 4) is 5.75 Å². The zero-order valence-corrected chi connectivity index (χ0v) is 27.8. The van der Waals surface area contributed by atoms with E-state index in [1.54, 1.807) is 26.0 Å². The van der Waals surface area contributed by atoms with Gasteiger partial charge in [0, 0.05) is 29.8 Å². The number of amides is 3. The molecule has 3 amide bonds. The number of carbonyl (C=O) groups excluding carboxylic acids is 4. The summed E-state index contributed by atoms with van der Waals surface area (Å²) in [6, 6.07) is 16.4. The SMILES string of the molecule is CC(=O)O.CCOC(=O)CC(NC(=O)C1(C)Oc2cc(NC(=O)c3ccc(C(=N)N)cc3)ccc2NC1=O)NS(=O)(=O)c1ccc(C)cc1. The van der Waals surface area contributed by atoms with Crippen LogP contribution in [0, 0.1) is 12.3 Å². The maximum absolute atomic E-state index is 13.5. The number of nitrogen functional groups attached to an aromatic ring is 1. The molecule has 3 aromatic carbocycles. The van der Waals surface area contributed by atoms with Crippen molar-refractivity contribution < 1.29 is 47.0 Å². The van der Waals surface area contributed by atoms with Crippen LogP contribution in [0.4, 0.5) is 11.4 Å².